The minimum Gasteiger partial charge on any atom is -0.461 e. The zero-order valence-electron chi connectivity index (χ0n) is 22.5. The van der Waals surface area contributed by atoms with E-state index in [0.29, 0.717) is 5.82 Å². The average molecular weight is 537 g/mol. The number of alkyl carbamates (subject to hydrolysis) is 1. The molecule has 5 atom stereocenters. The summed E-state index contributed by atoms with van der Waals surface area (Å²) < 4.78 is 17.8. The summed E-state index contributed by atoms with van der Waals surface area (Å²) in [6.45, 7) is 11.0. The van der Waals surface area contributed by atoms with Gasteiger partial charge in [-0.3, -0.25) is 4.79 Å². The van der Waals surface area contributed by atoms with Gasteiger partial charge in [-0.1, -0.05) is 13.8 Å². The minimum atomic E-state index is -1.90. The van der Waals surface area contributed by atoms with Crippen molar-refractivity contribution in [2.75, 3.05) is 12.3 Å². The third-order valence-corrected chi connectivity index (χ3v) is 6.07. The number of nitrogens with zero attached hydrogens (tertiary/aromatic N) is 3. The van der Waals surface area contributed by atoms with Crippen LogP contribution >= 0.6 is 0 Å². The molecule has 0 radical (unpaired) electrons. The zero-order chi connectivity index (χ0) is 28.7. The number of carbonyl (C=O) groups is 3. The number of fused-ring (bicyclic) bond motifs is 1. The molecular weight excluding hydrogens is 500 g/mol. The molecule has 0 unspecified atom stereocenters. The Kier molecular flexibility index (Phi) is 7.91. The highest BCUT2D eigenvalue weighted by Gasteiger charge is 2.54. The molecule has 210 valence electrons. The Morgan fingerprint density at radius 3 is 2.47 bits per heavy atom. The maximum absolute atomic E-state index is 12.8. The van der Waals surface area contributed by atoms with Crippen LogP contribution in [0.5, 0.6) is 0 Å². The van der Waals surface area contributed by atoms with Crippen LogP contribution in [-0.4, -0.2) is 78.8 Å². The first-order chi connectivity index (χ1) is 17.4. The van der Waals surface area contributed by atoms with Gasteiger partial charge in [0.15, 0.2) is 6.23 Å². The zero-order valence-corrected chi connectivity index (χ0v) is 22.5. The van der Waals surface area contributed by atoms with Crippen molar-refractivity contribution in [1.29, 1.82) is 0 Å². The number of esters is 1. The summed E-state index contributed by atoms with van der Waals surface area (Å²) in [5.41, 5.74) is 9.03. The SMILES string of the molecule is Cc1nc(N)c2c(C(N)=O)cn([C@@H]3O[C@H](COC(=O)[C@@H](NC(=O)OC(C)(C)C)C(C)C)[C@@H](O)[C@@]3(C)O)c2n1. The van der Waals surface area contributed by atoms with E-state index >= 15 is 0 Å². The molecule has 1 aliphatic heterocycles. The molecule has 14 nitrogen and oxygen atoms in total. The van der Waals surface area contributed by atoms with E-state index in [9.17, 15) is 24.6 Å². The van der Waals surface area contributed by atoms with E-state index in [0.717, 1.165) is 0 Å². The van der Waals surface area contributed by atoms with E-state index in [2.05, 4.69) is 15.3 Å². The van der Waals surface area contributed by atoms with Gasteiger partial charge in [0.1, 0.15) is 53.3 Å². The van der Waals surface area contributed by atoms with Gasteiger partial charge in [-0.15, -0.1) is 0 Å². The third kappa shape index (κ3) is 5.81. The average Bonchev–Trinajstić information content (AvgIpc) is 3.24. The van der Waals surface area contributed by atoms with E-state index in [1.54, 1.807) is 41.5 Å². The van der Waals surface area contributed by atoms with Crippen LogP contribution in [0.4, 0.5) is 10.6 Å². The lowest BCUT2D eigenvalue weighted by molar-refractivity contribution is -0.153. The van der Waals surface area contributed by atoms with Crippen molar-refractivity contribution in [3.05, 3.63) is 17.6 Å². The number of primary amides is 1. The van der Waals surface area contributed by atoms with Crippen LogP contribution in [0.3, 0.4) is 0 Å². The summed E-state index contributed by atoms with van der Waals surface area (Å²) >= 11 is 0. The summed E-state index contributed by atoms with van der Waals surface area (Å²) in [7, 11) is 0. The number of nitrogens with one attached hydrogen (secondary N) is 1. The number of aliphatic hydroxyl groups excluding tert-OH is 1. The molecule has 0 aliphatic carbocycles. The summed E-state index contributed by atoms with van der Waals surface area (Å²) in [5, 5.41) is 24.7. The van der Waals surface area contributed by atoms with Gasteiger partial charge >= 0.3 is 12.1 Å². The number of carbonyl (C=O) groups excluding carboxylic acids is 3. The summed E-state index contributed by atoms with van der Waals surface area (Å²) in [4.78, 5) is 45.5. The van der Waals surface area contributed by atoms with Crippen LogP contribution in [0.1, 0.15) is 64.0 Å². The summed E-state index contributed by atoms with van der Waals surface area (Å²) in [6, 6.07) is -1.03. The Hall–Kier alpha value is -3.49. The highest BCUT2D eigenvalue weighted by atomic mass is 16.6. The number of hydrogen-bond acceptors (Lipinski definition) is 11. The Bertz CT molecular complexity index is 1230. The third-order valence-electron chi connectivity index (χ3n) is 6.07. The van der Waals surface area contributed by atoms with Gasteiger partial charge in [0.2, 0.25) is 0 Å². The molecule has 0 bridgehead atoms. The monoisotopic (exact) mass is 536 g/mol. The molecular formula is C24H36N6O8. The van der Waals surface area contributed by atoms with Crippen molar-refractivity contribution in [2.24, 2.45) is 11.7 Å². The number of amides is 2. The van der Waals surface area contributed by atoms with Crippen LogP contribution in [-0.2, 0) is 19.0 Å². The lowest BCUT2D eigenvalue weighted by Crippen LogP contribution is -2.48. The van der Waals surface area contributed by atoms with Crippen molar-refractivity contribution in [3.8, 4) is 0 Å². The van der Waals surface area contributed by atoms with E-state index in [1.807, 2.05) is 0 Å². The molecule has 2 aromatic heterocycles. The second-order valence-corrected chi connectivity index (χ2v) is 10.9. The largest absolute Gasteiger partial charge is 0.461 e. The molecule has 0 saturated carbocycles. The van der Waals surface area contributed by atoms with Crippen molar-refractivity contribution in [3.63, 3.8) is 0 Å². The molecule has 2 amide bonds. The first kappa shape index (κ1) is 29.1. The quantitative estimate of drug-likeness (QED) is 0.307. The smallest absolute Gasteiger partial charge is 0.408 e. The predicted octanol–water partition coefficient (Wildman–Crippen LogP) is 0.523. The van der Waals surface area contributed by atoms with Crippen molar-refractivity contribution in [1.82, 2.24) is 19.9 Å². The number of aliphatic hydroxyl groups is 2. The van der Waals surface area contributed by atoms with E-state index in [-0.39, 0.29) is 28.3 Å². The van der Waals surface area contributed by atoms with Crippen molar-refractivity contribution < 1.29 is 38.8 Å². The second-order valence-electron chi connectivity index (χ2n) is 10.9. The lowest BCUT2D eigenvalue weighted by Gasteiger charge is -2.27. The number of rotatable bonds is 7. The van der Waals surface area contributed by atoms with Gasteiger partial charge in [0, 0.05) is 6.20 Å². The first-order valence-corrected chi connectivity index (χ1v) is 12.1. The Morgan fingerprint density at radius 1 is 1.29 bits per heavy atom. The molecule has 3 rings (SSSR count). The van der Waals surface area contributed by atoms with Gasteiger partial charge in [-0.2, -0.15) is 0 Å². The number of ether oxygens (including phenoxy) is 3. The fourth-order valence-corrected chi connectivity index (χ4v) is 4.22. The second kappa shape index (κ2) is 10.3. The van der Waals surface area contributed by atoms with Gasteiger partial charge in [-0.25, -0.2) is 19.6 Å². The van der Waals surface area contributed by atoms with E-state index < -0.39 is 60.3 Å². The molecule has 2 aromatic rings. The number of nitrogen functional groups attached to an aromatic ring is 1. The molecule has 0 spiro atoms. The van der Waals surface area contributed by atoms with Crippen LogP contribution in [0, 0.1) is 12.8 Å². The molecule has 38 heavy (non-hydrogen) atoms. The summed E-state index contributed by atoms with van der Waals surface area (Å²) in [6.07, 6.45) is -3.40. The van der Waals surface area contributed by atoms with Crippen LogP contribution in [0.2, 0.25) is 0 Å². The van der Waals surface area contributed by atoms with Crippen LogP contribution < -0.4 is 16.8 Å². The molecule has 7 N–H and O–H groups in total. The Labute approximate surface area is 219 Å². The minimum absolute atomic E-state index is 0.00857. The highest BCUT2D eigenvalue weighted by molar-refractivity contribution is 6.08. The number of aromatic nitrogens is 3. The normalized spacial score (nSPS) is 24.4. The lowest BCUT2D eigenvalue weighted by atomic mass is 9.96. The topological polar surface area (TPSA) is 214 Å². The Morgan fingerprint density at radius 2 is 1.92 bits per heavy atom. The maximum Gasteiger partial charge on any atom is 0.408 e. The number of nitrogens with two attached hydrogens (primary N) is 2. The van der Waals surface area contributed by atoms with E-state index in [4.69, 9.17) is 25.7 Å². The van der Waals surface area contributed by atoms with Crippen LogP contribution in [0.25, 0.3) is 11.0 Å². The number of anilines is 1. The molecule has 0 aromatic carbocycles. The van der Waals surface area contributed by atoms with Crippen molar-refractivity contribution in [2.45, 2.75) is 84.1 Å². The molecule has 3 heterocycles. The first-order valence-electron chi connectivity index (χ1n) is 12.1. The summed E-state index contributed by atoms with van der Waals surface area (Å²) in [5.74, 6) is -1.60. The molecule has 1 fully saturated rings. The fourth-order valence-electron chi connectivity index (χ4n) is 4.22. The molecule has 14 heteroatoms. The van der Waals surface area contributed by atoms with Gasteiger partial charge in [-0.05, 0) is 40.5 Å². The molecule has 1 saturated heterocycles. The highest BCUT2D eigenvalue weighted by Crippen LogP contribution is 2.41. The number of hydrogen-bond donors (Lipinski definition) is 5. The van der Waals surface area contributed by atoms with Gasteiger partial charge in [0.25, 0.3) is 5.91 Å². The maximum atomic E-state index is 12.8. The van der Waals surface area contributed by atoms with Gasteiger partial charge in [0.05, 0.1) is 10.9 Å². The van der Waals surface area contributed by atoms with Crippen molar-refractivity contribution >= 4 is 34.8 Å². The standard InChI is InChI=1S/C24H36N6O8/c1-10(2)15(29-22(34)38-23(4,5)6)20(33)36-9-13-16(31)24(7,35)21(37-13)30-8-12(18(26)32)14-17(25)27-11(3)28-19(14)30/h8,10,13,15-16,21,31,35H,9H2,1-7H3,(H2,26,32)(H,29,34)(H2,25,27,28)/t13-,15+,16-,21-,24-/m1/s1. The fraction of sp³-hybridized carbons (Fsp3) is 0.625. The predicted molar refractivity (Wildman–Crippen MR) is 135 cm³/mol. The molecule has 1 aliphatic rings. The number of aryl methyl sites for hydroxylation is 1. The van der Waals surface area contributed by atoms with E-state index in [1.165, 1.54) is 17.7 Å². The Balaban J connectivity index is 1.82. The van der Waals surface area contributed by atoms with Gasteiger partial charge < -0.3 is 45.8 Å². The van der Waals surface area contributed by atoms with Crippen LogP contribution in [0.15, 0.2) is 6.20 Å².